The van der Waals surface area contributed by atoms with Crippen LogP contribution in [0.2, 0.25) is 0 Å². The van der Waals surface area contributed by atoms with Crippen LogP contribution in [-0.2, 0) is 0 Å². The smallest absolute Gasteiger partial charge is 0.151 e. The summed E-state index contributed by atoms with van der Waals surface area (Å²) in [6.45, 7) is 0. The van der Waals surface area contributed by atoms with Crippen LogP contribution in [0.1, 0.15) is 0 Å². The third kappa shape index (κ3) is 3.41. The van der Waals surface area contributed by atoms with Crippen molar-refractivity contribution in [1.82, 2.24) is 9.13 Å². The maximum atomic E-state index is 6.79. The zero-order valence-electron chi connectivity index (χ0n) is 24.3. The van der Waals surface area contributed by atoms with Crippen molar-refractivity contribution in [2.45, 2.75) is 0 Å². The average molecular weight is 575 g/mol. The van der Waals surface area contributed by atoms with E-state index < -0.39 is 0 Å². The van der Waals surface area contributed by atoms with Crippen LogP contribution >= 0.6 is 0 Å². The highest BCUT2D eigenvalue weighted by atomic mass is 16.5. The third-order valence-electron chi connectivity index (χ3n) is 9.33. The number of rotatable bonds is 1. The second-order valence-electron chi connectivity index (χ2n) is 11.7. The van der Waals surface area contributed by atoms with Gasteiger partial charge in [-0.05, 0) is 59.7 Å². The highest BCUT2D eigenvalue weighted by molar-refractivity contribution is 6.16. The number of hydrogen-bond donors (Lipinski definition) is 0. The van der Waals surface area contributed by atoms with Crippen molar-refractivity contribution in [2.75, 3.05) is 0 Å². The maximum absolute atomic E-state index is 6.79. The molecule has 0 atom stereocenters. The number of ether oxygens (including phenoxy) is 1. The van der Waals surface area contributed by atoms with Crippen molar-refractivity contribution in [1.29, 1.82) is 0 Å². The molecule has 7 aromatic carbocycles. The summed E-state index contributed by atoms with van der Waals surface area (Å²) in [4.78, 5) is 0. The molecule has 0 spiro atoms. The molecule has 3 heterocycles. The Morgan fingerprint density at radius 1 is 0.356 bits per heavy atom. The highest BCUT2D eigenvalue weighted by Gasteiger charge is 2.24. The molecule has 2 aromatic heterocycles. The van der Waals surface area contributed by atoms with E-state index in [2.05, 4.69) is 161 Å². The molecule has 0 bridgehead atoms. The van der Waals surface area contributed by atoms with Gasteiger partial charge in [-0.15, -0.1) is 0 Å². The highest BCUT2D eigenvalue weighted by Crippen LogP contribution is 2.47. The van der Waals surface area contributed by atoms with Crippen LogP contribution in [0.5, 0.6) is 11.5 Å². The topological polar surface area (TPSA) is 19.1 Å². The number of hydrogen-bond acceptors (Lipinski definition) is 1. The van der Waals surface area contributed by atoms with E-state index in [9.17, 15) is 0 Å². The van der Waals surface area contributed by atoms with Crippen LogP contribution in [0.3, 0.4) is 0 Å². The number of nitrogens with zero attached hydrogens (tertiary/aromatic N) is 2. The van der Waals surface area contributed by atoms with Gasteiger partial charge in [-0.25, -0.2) is 0 Å². The Kier molecular flexibility index (Phi) is 5.00. The molecule has 0 N–H and O–H groups in total. The summed E-state index contributed by atoms with van der Waals surface area (Å²) in [5.41, 5.74) is 11.5. The monoisotopic (exact) mass is 574 g/mol. The summed E-state index contributed by atoms with van der Waals surface area (Å²) >= 11 is 0. The lowest BCUT2D eigenvalue weighted by atomic mass is 9.92. The molecule has 0 unspecified atom stereocenters. The summed E-state index contributed by atoms with van der Waals surface area (Å²) < 4.78 is 11.6. The first kappa shape index (κ1) is 24.4. The van der Waals surface area contributed by atoms with Gasteiger partial charge < -0.3 is 13.9 Å². The summed E-state index contributed by atoms with van der Waals surface area (Å²) in [5.74, 6) is 1.67. The van der Waals surface area contributed by atoms with Crippen molar-refractivity contribution in [2.24, 2.45) is 0 Å². The van der Waals surface area contributed by atoms with Crippen molar-refractivity contribution in [3.05, 3.63) is 158 Å². The Balaban J connectivity index is 1.35. The van der Waals surface area contributed by atoms with Gasteiger partial charge in [-0.2, -0.15) is 0 Å². The van der Waals surface area contributed by atoms with Gasteiger partial charge in [0.15, 0.2) is 5.75 Å². The maximum Gasteiger partial charge on any atom is 0.151 e. The van der Waals surface area contributed by atoms with Gasteiger partial charge in [-0.1, -0.05) is 109 Å². The molecule has 3 nitrogen and oxygen atoms in total. The summed E-state index contributed by atoms with van der Waals surface area (Å²) in [5, 5.41) is 4.94. The molecule has 0 saturated carbocycles. The van der Waals surface area contributed by atoms with Gasteiger partial charge in [0.25, 0.3) is 0 Å². The second-order valence-corrected chi connectivity index (χ2v) is 11.7. The lowest BCUT2D eigenvalue weighted by Crippen LogP contribution is -2.01. The van der Waals surface area contributed by atoms with Gasteiger partial charge in [0.05, 0.1) is 27.8 Å². The Morgan fingerprint density at radius 2 is 0.911 bits per heavy atom. The van der Waals surface area contributed by atoms with E-state index in [-0.39, 0.29) is 0 Å². The predicted molar refractivity (Wildman–Crippen MR) is 186 cm³/mol. The quantitative estimate of drug-likeness (QED) is 0.191. The van der Waals surface area contributed by atoms with Crippen LogP contribution in [0, 0.1) is 0 Å². The van der Waals surface area contributed by atoms with Gasteiger partial charge in [0.2, 0.25) is 0 Å². The molecule has 0 aliphatic carbocycles. The van der Waals surface area contributed by atoms with Gasteiger partial charge in [0, 0.05) is 38.4 Å². The van der Waals surface area contributed by atoms with E-state index in [4.69, 9.17) is 4.74 Å². The lowest BCUT2D eigenvalue weighted by molar-refractivity contribution is 0.482. The van der Waals surface area contributed by atoms with Gasteiger partial charge >= 0.3 is 0 Å². The number of fused-ring (bicyclic) bond motifs is 12. The van der Waals surface area contributed by atoms with Crippen molar-refractivity contribution < 1.29 is 4.74 Å². The van der Waals surface area contributed by atoms with E-state index in [1.807, 2.05) is 6.07 Å². The fourth-order valence-electron chi connectivity index (χ4n) is 7.44. The molecule has 1 aliphatic rings. The average Bonchev–Trinajstić information content (AvgIpc) is 3.61. The minimum Gasteiger partial charge on any atom is -0.455 e. The van der Waals surface area contributed by atoms with E-state index in [1.54, 1.807) is 0 Å². The first-order chi connectivity index (χ1) is 22.3. The van der Waals surface area contributed by atoms with E-state index in [0.717, 1.165) is 39.5 Å². The van der Waals surface area contributed by atoms with Crippen LogP contribution in [0.25, 0.3) is 77.2 Å². The zero-order chi connectivity index (χ0) is 29.5. The zero-order valence-corrected chi connectivity index (χ0v) is 24.3. The fraction of sp³-hybridized carbons (Fsp3) is 0. The van der Waals surface area contributed by atoms with E-state index >= 15 is 0 Å². The van der Waals surface area contributed by atoms with E-state index in [1.165, 1.54) is 49.2 Å². The molecule has 9 aromatic rings. The molecule has 3 heteroatoms. The first-order valence-electron chi connectivity index (χ1n) is 15.4. The molecule has 0 saturated heterocycles. The summed E-state index contributed by atoms with van der Waals surface area (Å²) in [6.07, 6.45) is 0. The van der Waals surface area contributed by atoms with Crippen molar-refractivity contribution >= 4 is 43.6 Å². The normalized spacial score (nSPS) is 12.2. The molecule has 0 radical (unpaired) electrons. The van der Waals surface area contributed by atoms with Crippen molar-refractivity contribution in [3.8, 4) is 45.1 Å². The fourth-order valence-corrected chi connectivity index (χ4v) is 7.44. The van der Waals surface area contributed by atoms with Crippen LogP contribution in [0.15, 0.2) is 158 Å². The lowest BCUT2D eigenvalue weighted by Gasteiger charge is -2.21. The Bertz CT molecular complexity index is 2580. The molecule has 0 amide bonds. The van der Waals surface area contributed by atoms with Crippen LogP contribution in [0.4, 0.5) is 0 Å². The minimum absolute atomic E-state index is 0.824. The van der Waals surface area contributed by atoms with Gasteiger partial charge in [0.1, 0.15) is 5.75 Å². The molecule has 0 fully saturated rings. The second kappa shape index (κ2) is 9.22. The number of benzene rings is 7. The number of aromatic nitrogens is 2. The first-order valence-corrected chi connectivity index (χ1v) is 15.4. The van der Waals surface area contributed by atoms with Crippen LogP contribution < -0.4 is 4.74 Å². The molecule has 10 rings (SSSR count). The largest absolute Gasteiger partial charge is 0.455 e. The third-order valence-corrected chi connectivity index (χ3v) is 9.33. The Labute approximate surface area is 259 Å². The molecule has 210 valence electrons. The summed E-state index contributed by atoms with van der Waals surface area (Å²) in [7, 11) is 0. The van der Waals surface area contributed by atoms with Crippen molar-refractivity contribution in [3.63, 3.8) is 0 Å². The summed E-state index contributed by atoms with van der Waals surface area (Å²) in [6, 6.07) is 56.5. The molecule has 45 heavy (non-hydrogen) atoms. The number of para-hydroxylation sites is 6. The minimum atomic E-state index is 0.824. The Morgan fingerprint density at radius 3 is 1.69 bits per heavy atom. The van der Waals surface area contributed by atoms with Gasteiger partial charge in [-0.3, -0.25) is 0 Å². The predicted octanol–water partition coefficient (Wildman–Crippen LogP) is 11.3. The SMILES string of the molecule is c1ccc2c(c1)Oc1ccccc1-n1c3ccc(-n4c5ccccc5c5ccccc54)cc3c3cccc(c31)-c1ccccc1-2. The van der Waals surface area contributed by atoms with E-state index in [0.29, 0.717) is 0 Å². The molecule has 1 aliphatic heterocycles. The Hall–Kier alpha value is -6.06. The standard InChI is InChI=1S/C42H26N2O/c1-2-13-29-28(12-1)32-16-5-9-22-40(32)45-41-23-10-8-21-39(41)44-38-25-24-27(26-35(38)34-18-11-17-33(29)42(34)44)43-36-19-6-3-14-30(36)31-15-4-7-20-37(31)43/h1-26H. The molecular weight excluding hydrogens is 548 g/mol. The van der Waals surface area contributed by atoms with Crippen LogP contribution in [-0.4, -0.2) is 9.13 Å². The molecular formula is C42H26N2O.